The van der Waals surface area contributed by atoms with E-state index in [0.29, 0.717) is 0 Å². The Morgan fingerprint density at radius 2 is 2.15 bits per heavy atom. The molecule has 1 atom stereocenters. The Bertz CT molecular complexity index is 687. The Morgan fingerprint density at radius 1 is 1.40 bits per heavy atom. The Balaban J connectivity index is 2.30. The van der Waals surface area contributed by atoms with Crippen molar-refractivity contribution in [2.75, 3.05) is 0 Å². The molecule has 106 valence electrons. The van der Waals surface area contributed by atoms with Crippen molar-refractivity contribution >= 4 is 32.8 Å². The average Bonchev–Trinajstić information content (AvgIpc) is 2.69. The highest BCUT2D eigenvalue weighted by atomic mass is 79.9. The number of hydrogen-bond donors (Lipinski definition) is 1. The van der Waals surface area contributed by atoms with Gasteiger partial charge < -0.3 is 9.67 Å². The summed E-state index contributed by atoms with van der Waals surface area (Å²) in [6.07, 6.45) is 4.24. The number of carboxylic acids is 1. The lowest BCUT2D eigenvalue weighted by atomic mass is 9.88. The zero-order valence-corrected chi connectivity index (χ0v) is 13.3. The third kappa shape index (κ3) is 2.06. The van der Waals surface area contributed by atoms with Crippen molar-refractivity contribution in [2.24, 2.45) is 5.92 Å². The molecule has 0 aliphatic carbocycles. The molecule has 0 spiro atoms. The van der Waals surface area contributed by atoms with Gasteiger partial charge in [-0.25, -0.2) is 0 Å². The summed E-state index contributed by atoms with van der Waals surface area (Å²) < 4.78 is 3.27. The van der Waals surface area contributed by atoms with Crippen molar-refractivity contribution in [3.8, 4) is 0 Å². The minimum Gasteiger partial charge on any atom is -0.481 e. The molecule has 1 aliphatic rings. The maximum atomic E-state index is 11.6. The van der Waals surface area contributed by atoms with E-state index >= 15 is 0 Å². The molecule has 1 aromatic heterocycles. The van der Waals surface area contributed by atoms with Gasteiger partial charge in [-0.2, -0.15) is 0 Å². The summed E-state index contributed by atoms with van der Waals surface area (Å²) in [6.45, 7) is 4.93. The van der Waals surface area contributed by atoms with Gasteiger partial charge in [-0.1, -0.05) is 29.8 Å². The molecule has 0 radical (unpaired) electrons. The van der Waals surface area contributed by atoms with Crippen LogP contribution in [0.4, 0.5) is 0 Å². The van der Waals surface area contributed by atoms with Gasteiger partial charge in [0.05, 0.1) is 11.4 Å². The summed E-state index contributed by atoms with van der Waals surface area (Å²) in [4.78, 5) is 11.6. The summed E-state index contributed by atoms with van der Waals surface area (Å²) in [6, 6.07) is 4.22. The monoisotopic (exact) mass is 335 g/mol. The molecule has 0 amide bonds. The zero-order chi connectivity index (χ0) is 14.4. The van der Waals surface area contributed by atoms with Crippen LogP contribution in [0.25, 0.3) is 10.9 Å². The molecule has 1 unspecified atom stereocenters. The molecular weight excluding hydrogens is 318 g/mol. The van der Waals surface area contributed by atoms with Crippen molar-refractivity contribution in [3.63, 3.8) is 0 Å². The average molecular weight is 336 g/mol. The van der Waals surface area contributed by atoms with Crippen LogP contribution in [0.1, 0.15) is 37.3 Å². The van der Waals surface area contributed by atoms with Crippen molar-refractivity contribution in [3.05, 3.63) is 33.9 Å². The van der Waals surface area contributed by atoms with Gasteiger partial charge in [0.1, 0.15) is 0 Å². The molecule has 2 heterocycles. The summed E-state index contributed by atoms with van der Waals surface area (Å²) in [7, 11) is 0. The van der Waals surface area contributed by atoms with Gasteiger partial charge >= 0.3 is 5.97 Å². The number of benzene rings is 1. The highest BCUT2D eigenvalue weighted by molar-refractivity contribution is 9.10. The van der Waals surface area contributed by atoms with Gasteiger partial charge in [0, 0.05) is 22.6 Å². The first-order valence-electron chi connectivity index (χ1n) is 7.03. The zero-order valence-electron chi connectivity index (χ0n) is 11.7. The molecule has 1 aromatic carbocycles. The quantitative estimate of drug-likeness (QED) is 0.914. The lowest BCUT2D eigenvalue weighted by Gasteiger charge is -2.16. The first-order valence-corrected chi connectivity index (χ1v) is 7.82. The molecule has 20 heavy (non-hydrogen) atoms. The van der Waals surface area contributed by atoms with E-state index in [1.54, 1.807) is 0 Å². The summed E-state index contributed by atoms with van der Waals surface area (Å²) >= 11 is 3.56. The van der Waals surface area contributed by atoms with E-state index in [2.05, 4.69) is 38.8 Å². The third-order valence-electron chi connectivity index (χ3n) is 4.16. The number of carboxylic acid groups (broad SMARTS) is 1. The van der Waals surface area contributed by atoms with Crippen LogP contribution in [-0.4, -0.2) is 15.6 Å². The summed E-state index contributed by atoms with van der Waals surface area (Å²) in [5.41, 5.74) is 3.49. The Labute approximate surface area is 126 Å². The van der Waals surface area contributed by atoms with E-state index < -0.39 is 11.9 Å². The van der Waals surface area contributed by atoms with Gasteiger partial charge in [-0.15, -0.1) is 0 Å². The van der Waals surface area contributed by atoms with Crippen molar-refractivity contribution in [1.29, 1.82) is 0 Å². The maximum absolute atomic E-state index is 11.6. The molecule has 0 fully saturated rings. The summed E-state index contributed by atoms with van der Waals surface area (Å²) in [5.74, 6) is -1.10. The number of aliphatic carboxylic acids is 1. The molecule has 1 N–H and O–H groups in total. The number of hydrogen-bond acceptors (Lipinski definition) is 1. The van der Waals surface area contributed by atoms with E-state index in [1.165, 1.54) is 11.1 Å². The number of carbonyl (C=O) groups is 1. The number of halogens is 1. The van der Waals surface area contributed by atoms with E-state index in [9.17, 15) is 9.90 Å². The molecule has 4 heteroatoms. The molecular formula is C16H18BrNO2. The second-order valence-corrected chi connectivity index (χ2v) is 6.82. The van der Waals surface area contributed by atoms with E-state index in [1.807, 2.05) is 13.8 Å². The molecule has 0 saturated carbocycles. The normalized spacial score (nSPS) is 15.8. The lowest BCUT2D eigenvalue weighted by molar-refractivity contribution is -0.139. The number of nitrogens with zero attached hydrogens (tertiary/aromatic N) is 1. The predicted molar refractivity (Wildman–Crippen MR) is 83.2 cm³/mol. The van der Waals surface area contributed by atoms with Gasteiger partial charge in [0.15, 0.2) is 0 Å². The second-order valence-electron chi connectivity index (χ2n) is 5.90. The first kappa shape index (κ1) is 13.7. The number of rotatable bonds is 3. The number of aromatic nitrogens is 1. The first-order chi connectivity index (χ1) is 9.49. The van der Waals surface area contributed by atoms with Crippen molar-refractivity contribution in [2.45, 2.75) is 39.2 Å². The van der Waals surface area contributed by atoms with Crippen LogP contribution >= 0.6 is 15.9 Å². The van der Waals surface area contributed by atoms with Gasteiger partial charge in [-0.05, 0) is 42.0 Å². The maximum Gasteiger partial charge on any atom is 0.311 e. The Morgan fingerprint density at radius 3 is 2.80 bits per heavy atom. The van der Waals surface area contributed by atoms with E-state index in [4.69, 9.17) is 0 Å². The van der Waals surface area contributed by atoms with Crippen LogP contribution in [0, 0.1) is 5.92 Å². The summed E-state index contributed by atoms with van der Waals surface area (Å²) in [5, 5.41) is 10.7. The van der Waals surface area contributed by atoms with E-state index in [-0.39, 0.29) is 5.92 Å². The topological polar surface area (TPSA) is 42.2 Å². The van der Waals surface area contributed by atoms with Crippen molar-refractivity contribution in [1.82, 2.24) is 4.57 Å². The van der Waals surface area contributed by atoms with Crippen LogP contribution in [0.15, 0.2) is 22.8 Å². The number of aryl methyl sites for hydroxylation is 2. The minimum atomic E-state index is -0.736. The molecule has 3 rings (SSSR count). The fourth-order valence-electron chi connectivity index (χ4n) is 3.35. The molecule has 2 aromatic rings. The Hall–Kier alpha value is -1.29. The van der Waals surface area contributed by atoms with Crippen LogP contribution < -0.4 is 0 Å². The molecule has 0 bridgehead atoms. The van der Waals surface area contributed by atoms with Gasteiger partial charge in [-0.3, -0.25) is 4.79 Å². The fraction of sp³-hybridized carbons (Fsp3) is 0.438. The SMILES string of the molecule is CC(C)C(C(=O)O)c1cn2c3c(cc(Br)cc13)CCC2. The van der Waals surface area contributed by atoms with Crippen LogP contribution in [-0.2, 0) is 17.8 Å². The molecule has 1 aliphatic heterocycles. The van der Waals surface area contributed by atoms with Gasteiger partial charge in [0.2, 0.25) is 0 Å². The van der Waals surface area contributed by atoms with Gasteiger partial charge in [0.25, 0.3) is 0 Å². The third-order valence-corrected chi connectivity index (χ3v) is 4.62. The van der Waals surface area contributed by atoms with Crippen LogP contribution in [0.2, 0.25) is 0 Å². The highest BCUT2D eigenvalue weighted by Crippen LogP contribution is 2.38. The largest absolute Gasteiger partial charge is 0.481 e. The standard InChI is InChI=1S/C16H18BrNO2/c1-9(2)14(16(19)20)13-8-18-5-3-4-10-6-11(17)7-12(13)15(10)18/h6-9,14H,3-5H2,1-2H3,(H,19,20). The van der Waals surface area contributed by atoms with Crippen molar-refractivity contribution < 1.29 is 9.90 Å². The minimum absolute atomic E-state index is 0.0785. The molecule has 3 nitrogen and oxygen atoms in total. The van der Waals surface area contributed by atoms with E-state index in [0.717, 1.165) is 34.8 Å². The van der Waals surface area contributed by atoms with Crippen LogP contribution in [0.5, 0.6) is 0 Å². The second kappa shape index (κ2) is 4.92. The fourth-order valence-corrected chi connectivity index (χ4v) is 3.85. The Kier molecular flexibility index (Phi) is 3.36. The smallest absolute Gasteiger partial charge is 0.311 e. The highest BCUT2D eigenvalue weighted by Gasteiger charge is 2.28. The predicted octanol–water partition coefficient (Wildman–Crippen LogP) is 4.17. The molecule has 0 saturated heterocycles. The lowest BCUT2D eigenvalue weighted by Crippen LogP contribution is -2.17. The van der Waals surface area contributed by atoms with Crippen LogP contribution in [0.3, 0.4) is 0 Å².